The summed E-state index contributed by atoms with van der Waals surface area (Å²) in [5, 5.41) is 8.82. The van der Waals surface area contributed by atoms with Crippen LogP contribution >= 0.6 is 0 Å². The zero-order valence-electron chi connectivity index (χ0n) is 11.7. The molecule has 1 aromatic rings. The van der Waals surface area contributed by atoms with Crippen molar-refractivity contribution in [2.75, 3.05) is 6.61 Å². The van der Waals surface area contributed by atoms with Crippen LogP contribution in [0.5, 0.6) is 5.75 Å². The first-order valence-corrected chi connectivity index (χ1v) is 7.05. The molecule has 102 valence electrons. The van der Waals surface area contributed by atoms with Gasteiger partial charge in [-0.2, -0.15) is 5.26 Å². The summed E-state index contributed by atoms with van der Waals surface area (Å²) in [5.41, 5.74) is 0.462. The quantitative estimate of drug-likeness (QED) is 0.702. The molecule has 0 bridgehead atoms. The van der Waals surface area contributed by atoms with E-state index in [0.29, 0.717) is 5.56 Å². The molecule has 1 fully saturated rings. The van der Waals surface area contributed by atoms with Crippen LogP contribution in [0.2, 0.25) is 0 Å². The fourth-order valence-electron chi connectivity index (χ4n) is 2.65. The Labute approximate surface area is 115 Å². The van der Waals surface area contributed by atoms with Crippen molar-refractivity contribution in [3.8, 4) is 11.8 Å². The maximum atomic E-state index is 8.82. The molecule has 0 N–H and O–H groups in total. The van der Waals surface area contributed by atoms with E-state index in [2.05, 4.69) is 19.9 Å². The van der Waals surface area contributed by atoms with E-state index in [-0.39, 0.29) is 11.7 Å². The van der Waals surface area contributed by atoms with E-state index >= 15 is 0 Å². The van der Waals surface area contributed by atoms with Crippen molar-refractivity contribution in [1.29, 1.82) is 5.26 Å². The Morgan fingerprint density at radius 2 is 1.84 bits per heavy atom. The van der Waals surface area contributed by atoms with E-state index in [1.165, 1.54) is 0 Å². The molecule has 1 aromatic carbocycles. The molecule has 1 aliphatic heterocycles. The molecule has 1 aliphatic rings. The van der Waals surface area contributed by atoms with Gasteiger partial charge in [-0.05, 0) is 37.1 Å². The third kappa shape index (κ3) is 3.27. The van der Waals surface area contributed by atoms with Crippen LogP contribution in [0.3, 0.4) is 0 Å². The number of hydrogen-bond acceptors (Lipinski definition) is 3. The van der Waals surface area contributed by atoms with Crippen LogP contribution < -0.4 is 4.74 Å². The van der Waals surface area contributed by atoms with Gasteiger partial charge in [0.15, 0.2) is 0 Å². The molecule has 0 spiro atoms. The largest absolute Gasteiger partial charge is 0.484 e. The number of benzene rings is 1. The Morgan fingerprint density at radius 3 is 2.26 bits per heavy atom. The zero-order chi connectivity index (χ0) is 13.7. The third-order valence-electron chi connectivity index (χ3n) is 3.57. The van der Waals surface area contributed by atoms with Gasteiger partial charge in [0.2, 0.25) is 0 Å². The van der Waals surface area contributed by atoms with Gasteiger partial charge in [-0.1, -0.05) is 26.7 Å². The highest BCUT2D eigenvalue weighted by atomic mass is 16.6. The molecule has 0 aliphatic carbocycles. The highest BCUT2D eigenvalue weighted by molar-refractivity contribution is 5.35. The van der Waals surface area contributed by atoms with Crippen LogP contribution in [-0.2, 0) is 4.74 Å². The number of nitriles is 1. The van der Waals surface area contributed by atoms with E-state index in [0.717, 1.165) is 38.0 Å². The van der Waals surface area contributed by atoms with Gasteiger partial charge >= 0.3 is 0 Å². The summed E-state index contributed by atoms with van der Waals surface area (Å²) in [6.07, 6.45) is 4.39. The molecular weight excluding hydrogens is 238 g/mol. The van der Waals surface area contributed by atoms with Crippen LogP contribution in [0.4, 0.5) is 0 Å². The highest BCUT2D eigenvalue weighted by Gasteiger charge is 2.47. The van der Waals surface area contributed by atoms with Crippen molar-refractivity contribution in [3.05, 3.63) is 29.8 Å². The molecule has 1 atom stereocenters. The molecule has 0 amide bonds. The van der Waals surface area contributed by atoms with Crippen LogP contribution in [0.25, 0.3) is 0 Å². The van der Waals surface area contributed by atoms with Gasteiger partial charge in [0, 0.05) is 0 Å². The van der Waals surface area contributed by atoms with Crippen molar-refractivity contribution in [2.24, 2.45) is 0 Å². The lowest BCUT2D eigenvalue weighted by atomic mass is 9.89. The van der Waals surface area contributed by atoms with Gasteiger partial charge in [0.05, 0.1) is 18.2 Å². The lowest BCUT2D eigenvalue weighted by molar-refractivity contribution is 0.0199. The summed E-state index contributed by atoms with van der Waals surface area (Å²) in [6.45, 7) is 5.15. The van der Waals surface area contributed by atoms with Gasteiger partial charge in [-0.3, -0.25) is 0 Å². The molecule has 3 heteroatoms. The summed E-state index contributed by atoms with van der Waals surface area (Å²) in [4.78, 5) is 0. The van der Waals surface area contributed by atoms with Gasteiger partial charge in [-0.15, -0.1) is 0 Å². The van der Waals surface area contributed by atoms with Crippen molar-refractivity contribution in [2.45, 2.75) is 51.2 Å². The van der Waals surface area contributed by atoms with E-state index in [1.807, 2.05) is 12.1 Å². The molecule has 1 heterocycles. The second-order valence-electron chi connectivity index (χ2n) is 5.12. The van der Waals surface area contributed by atoms with E-state index in [1.54, 1.807) is 12.1 Å². The van der Waals surface area contributed by atoms with Crippen LogP contribution in [-0.4, -0.2) is 18.3 Å². The molecule has 19 heavy (non-hydrogen) atoms. The number of rotatable bonds is 7. The number of ether oxygens (including phenoxy) is 2. The molecule has 1 unspecified atom stereocenters. The second-order valence-corrected chi connectivity index (χ2v) is 5.12. The Balaban J connectivity index is 2.16. The predicted molar refractivity (Wildman–Crippen MR) is 74.1 cm³/mol. The van der Waals surface area contributed by atoms with E-state index < -0.39 is 0 Å². The highest BCUT2D eigenvalue weighted by Crippen LogP contribution is 2.37. The molecule has 0 saturated carbocycles. The fraction of sp³-hybridized carbons (Fsp3) is 0.562. The molecule has 0 aromatic heterocycles. The van der Waals surface area contributed by atoms with Gasteiger partial charge < -0.3 is 9.47 Å². The molecule has 2 rings (SSSR count). The lowest BCUT2D eigenvalue weighted by Gasteiger charge is -2.33. The molecule has 3 nitrogen and oxygen atoms in total. The summed E-state index contributed by atoms with van der Waals surface area (Å²) in [5.74, 6) is 0.830. The first-order valence-electron chi connectivity index (χ1n) is 7.05. The topological polar surface area (TPSA) is 45.5 Å². The monoisotopic (exact) mass is 259 g/mol. The molecular formula is C16H21NO2. The summed E-state index contributed by atoms with van der Waals surface area (Å²) in [6, 6.07) is 9.47. The Bertz CT molecular complexity index is 437. The Morgan fingerprint density at radius 1 is 1.26 bits per heavy atom. The standard InChI is InChI=1S/C16H21NO2/c1-3-9-16(10-4-2,15-12-18-15)19-14-7-5-13(11-17)6-8-14/h5-8,15H,3-4,9-10,12H2,1-2H3. The molecule has 1 saturated heterocycles. The number of nitrogens with zero attached hydrogens (tertiary/aromatic N) is 1. The minimum absolute atomic E-state index is 0.197. The average molecular weight is 259 g/mol. The van der Waals surface area contributed by atoms with E-state index in [4.69, 9.17) is 14.7 Å². The maximum absolute atomic E-state index is 8.82. The van der Waals surface area contributed by atoms with Crippen molar-refractivity contribution < 1.29 is 9.47 Å². The Hall–Kier alpha value is -1.53. The van der Waals surface area contributed by atoms with Gasteiger partial charge in [0.25, 0.3) is 0 Å². The third-order valence-corrected chi connectivity index (χ3v) is 3.57. The van der Waals surface area contributed by atoms with Crippen molar-refractivity contribution >= 4 is 0 Å². The first kappa shape index (κ1) is 13.9. The number of epoxide rings is 1. The minimum atomic E-state index is -0.197. The van der Waals surface area contributed by atoms with Crippen molar-refractivity contribution in [1.82, 2.24) is 0 Å². The van der Waals surface area contributed by atoms with E-state index in [9.17, 15) is 0 Å². The van der Waals surface area contributed by atoms with Gasteiger partial charge in [-0.25, -0.2) is 0 Å². The Kier molecular flexibility index (Phi) is 4.44. The van der Waals surface area contributed by atoms with Crippen molar-refractivity contribution in [3.63, 3.8) is 0 Å². The second kappa shape index (κ2) is 6.08. The summed E-state index contributed by atoms with van der Waals surface area (Å²) in [7, 11) is 0. The van der Waals surface area contributed by atoms with Gasteiger partial charge in [0.1, 0.15) is 17.5 Å². The maximum Gasteiger partial charge on any atom is 0.137 e. The summed E-state index contributed by atoms with van der Waals surface area (Å²) < 4.78 is 11.8. The minimum Gasteiger partial charge on any atom is -0.484 e. The lowest BCUT2D eigenvalue weighted by Crippen LogP contribution is -2.42. The number of hydrogen-bond donors (Lipinski definition) is 0. The fourth-order valence-corrected chi connectivity index (χ4v) is 2.65. The summed E-state index contributed by atoms with van der Waals surface area (Å²) >= 11 is 0. The smallest absolute Gasteiger partial charge is 0.137 e. The SMILES string of the molecule is CCCC(CCC)(Oc1ccc(C#N)cc1)C1CO1. The average Bonchev–Trinajstić information content (AvgIpc) is 3.25. The van der Waals surface area contributed by atoms with Crippen LogP contribution in [0.1, 0.15) is 45.1 Å². The van der Waals surface area contributed by atoms with Crippen LogP contribution in [0, 0.1) is 11.3 Å². The first-order chi connectivity index (χ1) is 9.24. The zero-order valence-corrected chi connectivity index (χ0v) is 11.7. The predicted octanol–water partition coefficient (Wildman–Crippen LogP) is 3.67. The molecule has 0 radical (unpaired) electrons. The van der Waals surface area contributed by atoms with Crippen LogP contribution in [0.15, 0.2) is 24.3 Å². The normalized spacial score (nSPS) is 17.8.